The number of hydrogen-bond donors (Lipinski definition) is 0. The van der Waals surface area contributed by atoms with Crippen LogP contribution in [-0.4, -0.2) is 43.7 Å². The van der Waals surface area contributed by atoms with E-state index in [1.165, 1.54) is 17.2 Å². The molecule has 138 valence electrons. The molecule has 2 aromatic heterocycles. The second kappa shape index (κ2) is 7.70. The molecule has 0 aliphatic heterocycles. The molecule has 0 saturated heterocycles. The average molecular weight is 355 g/mol. The van der Waals surface area contributed by atoms with E-state index in [9.17, 15) is 9.59 Å². The van der Waals surface area contributed by atoms with E-state index in [0.29, 0.717) is 17.7 Å². The van der Waals surface area contributed by atoms with Gasteiger partial charge in [0.05, 0.1) is 6.33 Å². The average Bonchev–Trinajstić information content (AvgIpc) is 3.08. The lowest BCUT2D eigenvalue weighted by Crippen LogP contribution is -2.37. The zero-order valence-corrected chi connectivity index (χ0v) is 15.6. The number of aromatic nitrogens is 4. The van der Waals surface area contributed by atoms with E-state index in [0.717, 1.165) is 30.5 Å². The Balaban J connectivity index is 1.62. The molecule has 7 nitrogen and oxygen atoms in total. The SMILES string of the molecule is CN(CCCn1cnc2c1c(=O)n(C)c(=O)n2C)CCc1ccccc1. The van der Waals surface area contributed by atoms with Crippen LogP contribution < -0.4 is 11.2 Å². The fraction of sp³-hybridized carbons (Fsp3) is 0.421. The highest BCUT2D eigenvalue weighted by Gasteiger charge is 2.14. The Morgan fingerprint density at radius 1 is 1.04 bits per heavy atom. The molecule has 1 aromatic carbocycles. The van der Waals surface area contributed by atoms with Gasteiger partial charge >= 0.3 is 5.69 Å². The lowest BCUT2D eigenvalue weighted by molar-refractivity contribution is 0.326. The Labute approximate surface area is 152 Å². The van der Waals surface area contributed by atoms with Crippen LogP contribution in [-0.2, 0) is 27.1 Å². The highest BCUT2D eigenvalue weighted by atomic mass is 16.2. The molecule has 0 spiro atoms. The van der Waals surface area contributed by atoms with Gasteiger partial charge in [0.15, 0.2) is 11.2 Å². The summed E-state index contributed by atoms with van der Waals surface area (Å²) < 4.78 is 4.40. The number of fused-ring (bicyclic) bond motifs is 1. The third-order valence-corrected chi connectivity index (χ3v) is 4.78. The summed E-state index contributed by atoms with van der Waals surface area (Å²) in [5, 5.41) is 0. The van der Waals surface area contributed by atoms with Gasteiger partial charge < -0.3 is 9.47 Å². The van der Waals surface area contributed by atoms with Gasteiger partial charge in [0.25, 0.3) is 5.56 Å². The van der Waals surface area contributed by atoms with E-state index in [-0.39, 0.29) is 11.2 Å². The number of likely N-dealkylation sites (N-methyl/N-ethyl adjacent to an activating group) is 1. The van der Waals surface area contributed by atoms with E-state index in [1.807, 2.05) is 10.6 Å². The Morgan fingerprint density at radius 3 is 2.50 bits per heavy atom. The van der Waals surface area contributed by atoms with E-state index in [2.05, 4.69) is 41.2 Å². The Bertz CT molecular complexity index is 1000. The molecular formula is C19H25N5O2. The summed E-state index contributed by atoms with van der Waals surface area (Å²) in [7, 11) is 5.25. The maximum atomic E-state index is 12.4. The van der Waals surface area contributed by atoms with Crippen molar-refractivity contribution >= 4 is 11.2 Å². The predicted octanol–water partition coefficient (Wildman–Crippen LogP) is 0.998. The first-order valence-corrected chi connectivity index (χ1v) is 8.82. The van der Waals surface area contributed by atoms with Gasteiger partial charge in [-0.3, -0.25) is 13.9 Å². The Kier molecular flexibility index (Phi) is 5.37. The van der Waals surface area contributed by atoms with Crippen molar-refractivity contribution in [2.24, 2.45) is 14.1 Å². The van der Waals surface area contributed by atoms with Crippen LogP contribution in [0.2, 0.25) is 0 Å². The van der Waals surface area contributed by atoms with Crippen LogP contribution >= 0.6 is 0 Å². The van der Waals surface area contributed by atoms with Crippen LogP contribution in [0.1, 0.15) is 12.0 Å². The quantitative estimate of drug-likeness (QED) is 0.634. The van der Waals surface area contributed by atoms with E-state index in [1.54, 1.807) is 13.4 Å². The number of rotatable bonds is 7. The van der Waals surface area contributed by atoms with Crippen molar-refractivity contribution in [2.45, 2.75) is 19.4 Å². The molecule has 0 radical (unpaired) electrons. The van der Waals surface area contributed by atoms with Gasteiger partial charge in [0, 0.05) is 27.2 Å². The largest absolute Gasteiger partial charge is 0.332 e. The van der Waals surface area contributed by atoms with Crippen LogP contribution in [0.5, 0.6) is 0 Å². The predicted molar refractivity (Wildman–Crippen MR) is 102 cm³/mol. The molecule has 0 N–H and O–H groups in total. The minimum atomic E-state index is -0.353. The smallest absolute Gasteiger partial charge is 0.325 e. The molecule has 26 heavy (non-hydrogen) atoms. The second-order valence-electron chi connectivity index (χ2n) is 6.71. The molecule has 7 heteroatoms. The third-order valence-electron chi connectivity index (χ3n) is 4.78. The maximum absolute atomic E-state index is 12.4. The summed E-state index contributed by atoms with van der Waals surface area (Å²) in [6.07, 6.45) is 3.58. The zero-order valence-electron chi connectivity index (χ0n) is 15.6. The monoisotopic (exact) mass is 355 g/mol. The Hall–Kier alpha value is -2.67. The molecule has 0 amide bonds. The fourth-order valence-electron chi connectivity index (χ4n) is 3.15. The molecule has 0 bridgehead atoms. The van der Waals surface area contributed by atoms with Gasteiger partial charge in [-0.1, -0.05) is 30.3 Å². The van der Waals surface area contributed by atoms with E-state index < -0.39 is 0 Å². The van der Waals surface area contributed by atoms with Crippen molar-refractivity contribution in [1.82, 2.24) is 23.6 Å². The minimum absolute atomic E-state index is 0.293. The molecule has 0 fully saturated rings. The lowest BCUT2D eigenvalue weighted by atomic mass is 10.1. The first kappa shape index (κ1) is 18.1. The van der Waals surface area contributed by atoms with Crippen molar-refractivity contribution in [2.75, 3.05) is 20.1 Å². The van der Waals surface area contributed by atoms with E-state index >= 15 is 0 Å². The summed E-state index contributed by atoms with van der Waals surface area (Å²) >= 11 is 0. The van der Waals surface area contributed by atoms with Crippen molar-refractivity contribution in [3.05, 3.63) is 63.1 Å². The molecule has 3 aromatic rings. The fourth-order valence-corrected chi connectivity index (χ4v) is 3.15. The number of imidazole rings is 1. The molecule has 0 aliphatic carbocycles. The second-order valence-corrected chi connectivity index (χ2v) is 6.71. The molecule has 0 atom stereocenters. The van der Waals surface area contributed by atoms with Crippen molar-refractivity contribution in [3.8, 4) is 0 Å². The van der Waals surface area contributed by atoms with Gasteiger partial charge in [-0.15, -0.1) is 0 Å². The molecular weight excluding hydrogens is 330 g/mol. The van der Waals surface area contributed by atoms with Crippen LogP contribution in [0.3, 0.4) is 0 Å². The maximum Gasteiger partial charge on any atom is 0.332 e. The number of benzene rings is 1. The summed E-state index contributed by atoms with van der Waals surface area (Å²) in [5.74, 6) is 0. The van der Waals surface area contributed by atoms with Gasteiger partial charge in [-0.05, 0) is 32.0 Å². The first-order chi connectivity index (χ1) is 12.5. The molecule has 0 unspecified atom stereocenters. The minimum Gasteiger partial charge on any atom is -0.325 e. The van der Waals surface area contributed by atoms with Gasteiger partial charge in [-0.2, -0.15) is 0 Å². The van der Waals surface area contributed by atoms with Crippen molar-refractivity contribution in [1.29, 1.82) is 0 Å². The normalized spacial score (nSPS) is 11.5. The van der Waals surface area contributed by atoms with Crippen molar-refractivity contribution < 1.29 is 0 Å². The number of hydrogen-bond acceptors (Lipinski definition) is 4. The third kappa shape index (κ3) is 3.62. The van der Waals surface area contributed by atoms with Crippen LogP contribution in [0, 0.1) is 0 Å². The van der Waals surface area contributed by atoms with Crippen LogP contribution in [0.4, 0.5) is 0 Å². The Morgan fingerprint density at radius 2 is 1.77 bits per heavy atom. The topological polar surface area (TPSA) is 65.1 Å². The van der Waals surface area contributed by atoms with Crippen LogP contribution in [0.25, 0.3) is 11.2 Å². The molecule has 3 rings (SSSR count). The van der Waals surface area contributed by atoms with Crippen LogP contribution in [0.15, 0.2) is 46.2 Å². The van der Waals surface area contributed by atoms with Crippen molar-refractivity contribution in [3.63, 3.8) is 0 Å². The van der Waals surface area contributed by atoms with Gasteiger partial charge in [0.1, 0.15) is 0 Å². The summed E-state index contributed by atoms with van der Waals surface area (Å²) in [6.45, 7) is 2.61. The number of aryl methyl sites for hydroxylation is 2. The van der Waals surface area contributed by atoms with Gasteiger partial charge in [0.2, 0.25) is 0 Å². The zero-order chi connectivity index (χ0) is 18.7. The molecule has 0 saturated carbocycles. The summed E-state index contributed by atoms with van der Waals surface area (Å²) in [6, 6.07) is 10.4. The lowest BCUT2D eigenvalue weighted by Gasteiger charge is -2.16. The standard InChI is InChI=1S/C19H25N5O2/c1-21(13-10-15-8-5-4-6-9-15)11-7-12-24-14-20-17-16(24)18(25)23(3)19(26)22(17)2/h4-6,8-9,14H,7,10-13H2,1-3H3. The van der Waals surface area contributed by atoms with E-state index in [4.69, 9.17) is 0 Å². The molecule has 0 aliphatic rings. The summed E-state index contributed by atoms with van der Waals surface area (Å²) in [4.78, 5) is 30.9. The first-order valence-electron chi connectivity index (χ1n) is 8.82. The summed E-state index contributed by atoms with van der Waals surface area (Å²) in [5.41, 5.74) is 1.62. The van der Waals surface area contributed by atoms with Gasteiger partial charge in [-0.25, -0.2) is 9.78 Å². The highest BCUT2D eigenvalue weighted by Crippen LogP contribution is 2.07. The molecule has 2 heterocycles. The number of nitrogens with zero attached hydrogens (tertiary/aromatic N) is 5. The highest BCUT2D eigenvalue weighted by molar-refractivity contribution is 5.69.